The van der Waals surface area contributed by atoms with Crippen molar-refractivity contribution in [3.8, 4) is 84.4 Å². The molecule has 0 bridgehead atoms. The van der Waals surface area contributed by atoms with Crippen molar-refractivity contribution in [1.29, 1.82) is 0 Å². The van der Waals surface area contributed by atoms with Gasteiger partial charge < -0.3 is 0 Å². The predicted octanol–water partition coefficient (Wildman–Crippen LogP) is 14.6. The Morgan fingerprint density at radius 1 is 0.311 bits per heavy atom. The van der Waals surface area contributed by atoms with Gasteiger partial charge in [-0.15, -0.1) is 0 Å². The van der Waals surface area contributed by atoms with Crippen molar-refractivity contribution in [3.05, 3.63) is 230 Å². The van der Waals surface area contributed by atoms with Gasteiger partial charge in [0.15, 0.2) is 11.6 Å². The first kappa shape index (κ1) is 25.3. The highest BCUT2D eigenvalue weighted by molar-refractivity contribution is 6.10. The molecule has 0 spiro atoms. The van der Waals surface area contributed by atoms with E-state index < -0.39 is 83.6 Å². The van der Waals surface area contributed by atoms with Gasteiger partial charge in [-0.25, -0.2) is 4.98 Å². The van der Waals surface area contributed by atoms with Crippen LogP contribution in [0.2, 0.25) is 0 Å². The Bertz CT molecular complexity index is 3750. The van der Waals surface area contributed by atoms with Crippen LogP contribution in [0.3, 0.4) is 0 Å². The van der Waals surface area contributed by atoms with Crippen LogP contribution in [0.4, 0.5) is 0 Å². The molecule has 0 unspecified atom stereocenters. The van der Waals surface area contributed by atoms with Gasteiger partial charge in [0.2, 0.25) is 5.95 Å². The molecule has 0 saturated carbocycles. The largest absolute Gasteiger partial charge is 0.278 e. The van der Waals surface area contributed by atoms with Crippen LogP contribution in [0.5, 0.6) is 0 Å². The number of para-hydroxylation sites is 1. The molecule has 0 radical (unpaired) electrons. The van der Waals surface area contributed by atoms with Crippen LogP contribution < -0.4 is 0 Å². The Morgan fingerprint density at radius 3 is 1.20 bits per heavy atom. The highest BCUT2D eigenvalue weighted by Crippen LogP contribution is 2.38. The highest BCUT2D eigenvalue weighted by atomic mass is 15.2. The Hall–Kier alpha value is -8.21. The molecule has 4 heteroatoms. The topological polar surface area (TPSA) is 43.6 Å². The van der Waals surface area contributed by atoms with Crippen LogP contribution in [0.25, 0.3) is 106 Å². The number of rotatable bonds is 8. The second-order valence-corrected chi connectivity index (χ2v) is 14.4. The van der Waals surface area contributed by atoms with Crippen molar-refractivity contribution in [2.75, 3.05) is 0 Å². The van der Waals surface area contributed by atoms with Gasteiger partial charge in [-0.2, -0.15) is 9.97 Å². The minimum atomic E-state index is -0.713. The molecular weight excluding hydrogens is 741 g/mol. The smallest absolute Gasteiger partial charge is 0.238 e. The maximum absolute atomic E-state index is 9.77. The molecule has 0 saturated heterocycles. The average molecular weight is 791 g/mol. The van der Waals surface area contributed by atoms with E-state index in [2.05, 4.69) is 12.1 Å². The summed E-state index contributed by atoms with van der Waals surface area (Å²) >= 11 is 0. The van der Waals surface area contributed by atoms with Crippen molar-refractivity contribution < 1.29 is 16.4 Å². The zero-order valence-corrected chi connectivity index (χ0v) is 32.3. The molecule has 0 N–H and O–H groups in total. The van der Waals surface area contributed by atoms with Crippen molar-refractivity contribution in [2.24, 2.45) is 0 Å². The minimum Gasteiger partial charge on any atom is -0.278 e. The van der Waals surface area contributed by atoms with Gasteiger partial charge in [-0.05, 0) is 110 Å². The number of hydrogen-bond donors (Lipinski definition) is 0. The fourth-order valence-electron chi connectivity index (χ4n) is 7.64. The molecular formula is C57H38N4. The zero-order chi connectivity index (χ0) is 51.0. The second-order valence-electron chi connectivity index (χ2n) is 14.4. The summed E-state index contributed by atoms with van der Waals surface area (Å²) in [4.78, 5) is 15.4. The van der Waals surface area contributed by atoms with Gasteiger partial charge in [0.1, 0.15) is 0 Å². The van der Waals surface area contributed by atoms with Gasteiger partial charge in [-0.3, -0.25) is 4.57 Å². The van der Waals surface area contributed by atoms with E-state index in [9.17, 15) is 6.85 Å². The Labute approximate surface area is 371 Å². The normalized spacial score (nSPS) is 14.0. The summed E-state index contributed by atoms with van der Waals surface area (Å²) in [6.07, 6.45) is 0. The molecule has 0 fully saturated rings. The lowest BCUT2D eigenvalue weighted by Crippen LogP contribution is -2.06. The molecule has 2 aromatic heterocycles. The molecule has 11 rings (SSSR count). The van der Waals surface area contributed by atoms with Crippen LogP contribution in [-0.4, -0.2) is 19.5 Å². The van der Waals surface area contributed by atoms with Crippen molar-refractivity contribution in [1.82, 2.24) is 19.5 Å². The Kier molecular flexibility index (Phi) is 6.44. The van der Waals surface area contributed by atoms with Gasteiger partial charge in [-0.1, -0.05) is 176 Å². The average Bonchev–Trinajstić information content (AvgIpc) is 3.81. The second kappa shape index (κ2) is 15.5. The minimum absolute atomic E-state index is 0.150. The summed E-state index contributed by atoms with van der Waals surface area (Å²) in [5.74, 6) is 0.0962. The van der Waals surface area contributed by atoms with E-state index in [4.69, 9.17) is 24.5 Å². The summed E-state index contributed by atoms with van der Waals surface area (Å²) in [5.41, 5.74) is 6.70. The molecule has 0 aliphatic heterocycles. The zero-order valence-electron chi connectivity index (χ0n) is 44.3. The van der Waals surface area contributed by atoms with E-state index >= 15 is 0 Å². The van der Waals surface area contributed by atoms with Crippen molar-refractivity contribution in [2.45, 2.75) is 0 Å². The first-order valence-corrected chi connectivity index (χ1v) is 19.6. The number of hydrogen-bond acceptors (Lipinski definition) is 3. The quantitative estimate of drug-likeness (QED) is 0.154. The van der Waals surface area contributed by atoms with E-state index in [1.165, 1.54) is 4.57 Å². The number of aromatic nitrogens is 4. The van der Waals surface area contributed by atoms with Crippen LogP contribution in [0, 0.1) is 0 Å². The van der Waals surface area contributed by atoms with Crippen LogP contribution in [-0.2, 0) is 0 Å². The summed E-state index contributed by atoms with van der Waals surface area (Å²) in [6.45, 7) is 0. The molecule has 4 nitrogen and oxygen atoms in total. The molecule has 2 heterocycles. The number of benzene rings is 9. The fourth-order valence-corrected chi connectivity index (χ4v) is 7.64. The predicted molar refractivity (Wildman–Crippen MR) is 252 cm³/mol. The molecule has 9 aromatic carbocycles. The summed E-state index contributed by atoms with van der Waals surface area (Å²) in [6, 6.07) is 43.4. The highest BCUT2D eigenvalue weighted by Gasteiger charge is 2.20. The van der Waals surface area contributed by atoms with E-state index in [1.807, 2.05) is 146 Å². The molecule has 0 aliphatic rings. The third-order valence-electron chi connectivity index (χ3n) is 10.5. The Morgan fingerprint density at radius 2 is 0.721 bits per heavy atom. The molecule has 286 valence electrons. The van der Waals surface area contributed by atoms with Crippen LogP contribution in [0.15, 0.2) is 230 Å². The molecule has 11 aromatic rings. The van der Waals surface area contributed by atoms with Crippen molar-refractivity contribution >= 4 is 21.8 Å². The van der Waals surface area contributed by atoms with E-state index in [0.717, 1.165) is 44.5 Å². The third-order valence-corrected chi connectivity index (χ3v) is 10.5. The van der Waals surface area contributed by atoms with Crippen molar-refractivity contribution in [3.63, 3.8) is 0 Å². The first-order chi connectivity index (χ1) is 35.2. The van der Waals surface area contributed by atoms with Gasteiger partial charge in [0.25, 0.3) is 0 Å². The van der Waals surface area contributed by atoms with Gasteiger partial charge >= 0.3 is 0 Å². The SMILES string of the molecule is [2H]c1c([2H])c([2H])c(-c2c([2H])c([2H])c3c(c2[2H])c2c([2H])c([2H])c([2H])c([2H])c2n3-c2nc(-c3cc(-c4ccccc4)cc(-c4ccccc4)c3)nc(-c3cc(-c4ccccc4)cc(-c4ccccc4)c3)n2)c([2H])c1[2H]. The molecule has 61 heavy (non-hydrogen) atoms. The van der Waals surface area contributed by atoms with E-state index in [0.29, 0.717) is 11.1 Å². The third kappa shape index (κ3) is 6.96. The lowest BCUT2D eigenvalue weighted by atomic mass is 9.95. The molecule has 0 atom stereocenters. The summed E-state index contributed by atoms with van der Waals surface area (Å²) < 4.78 is 109. The lowest BCUT2D eigenvalue weighted by Gasteiger charge is -2.15. The number of nitrogens with zero attached hydrogens (tertiary/aromatic N) is 4. The maximum atomic E-state index is 9.77. The summed E-state index contributed by atoms with van der Waals surface area (Å²) in [7, 11) is 0. The number of fused-ring (bicyclic) bond motifs is 3. The lowest BCUT2D eigenvalue weighted by molar-refractivity contribution is 0.953. The Balaban J connectivity index is 1.29. The van der Waals surface area contributed by atoms with E-state index in [-0.39, 0.29) is 39.4 Å². The fraction of sp³-hybridized carbons (Fsp3) is 0. The maximum Gasteiger partial charge on any atom is 0.238 e. The molecule has 0 amide bonds. The first-order valence-electron chi connectivity index (χ1n) is 25.6. The molecule has 0 aliphatic carbocycles. The monoisotopic (exact) mass is 790 g/mol. The van der Waals surface area contributed by atoms with Gasteiger partial charge in [0.05, 0.1) is 27.5 Å². The van der Waals surface area contributed by atoms with Crippen LogP contribution in [0.1, 0.15) is 16.4 Å². The van der Waals surface area contributed by atoms with E-state index in [1.54, 1.807) is 0 Å². The summed E-state index contributed by atoms with van der Waals surface area (Å²) in [5, 5.41) is -0.449. The standard InChI is InChI=1S/C57H38N4/c1-6-18-39(19-7-1)44-30-31-54-52(38-44)51-28-16-17-29-53(51)61(54)57-59-55(49-34-45(40-20-8-2-9-21-40)32-46(35-49)41-22-10-3-11-23-41)58-56(60-57)50-36-47(42-24-12-4-13-25-42)33-48(37-50)43-26-14-5-15-27-43/h1-38H/i1D,6D,7D,16D,17D,18D,19D,28D,29D,30D,31D,38D. The van der Waals surface area contributed by atoms with Gasteiger partial charge in [0, 0.05) is 21.9 Å². The van der Waals surface area contributed by atoms with Crippen LogP contribution >= 0.6 is 0 Å².